The van der Waals surface area contributed by atoms with Crippen molar-refractivity contribution in [1.82, 2.24) is 20.2 Å². The number of ether oxygens (including phenoxy) is 1. The zero-order valence-corrected chi connectivity index (χ0v) is 16.3. The third-order valence-electron chi connectivity index (χ3n) is 4.19. The molecule has 0 radical (unpaired) electrons. The molecule has 0 spiro atoms. The molecule has 4 aromatic rings. The number of rotatable bonds is 6. The zero-order valence-electron chi connectivity index (χ0n) is 14.8. The molecule has 1 aromatic heterocycles. The Morgan fingerprint density at radius 2 is 1.68 bits per heavy atom. The lowest BCUT2D eigenvalue weighted by Crippen LogP contribution is -2.07. The first-order valence-corrected chi connectivity index (χ1v) is 9.42. The molecule has 4 rings (SSSR count). The lowest BCUT2D eigenvalue weighted by atomic mass is 10.1. The van der Waals surface area contributed by atoms with Crippen molar-refractivity contribution in [2.45, 2.75) is 13.2 Å². The van der Waals surface area contributed by atoms with Crippen LogP contribution < -0.4 is 4.74 Å². The molecule has 7 heteroatoms. The zero-order chi connectivity index (χ0) is 19.3. The summed E-state index contributed by atoms with van der Waals surface area (Å²) >= 11 is 12.3. The maximum Gasteiger partial charge on any atom is 0.182 e. The summed E-state index contributed by atoms with van der Waals surface area (Å²) < 4.78 is 7.73. The average molecular weight is 411 g/mol. The minimum absolute atomic E-state index is 0.416. The summed E-state index contributed by atoms with van der Waals surface area (Å²) in [5.74, 6) is 1.36. The van der Waals surface area contributed by atoms with Crippen LogP contribution in [0.4, 0.5) is 0 Å². The van der Waals surface area contributed by atoms with E-state index in [9.17, 15) is 0 Å². The lowest BCUT2D eigenvalue weighted by molar-refractivity contribution is 0.302. The number of hydrogen-bond donors (Lipinski definition) is 0. The highest BCUT2D eigenvalue weighted by Crippen LogP contribution is 2.27. The minimum Gasteiger partial charge on any atom is -0.489 e. The summed E-state index contributed by atoms with van der Waals surface area (Å²) in [7, 11) is 0. The van der Waals surface area contributed by atoms with Gasteiger partial charge in [-0.15, -0.1) is 5.10 Å². The molecular formula is C21H16Cl2N4O. The molecule has 0 aliphatic rings. The van der Waals surface area contributed by atoms with Crippen molar-refractivity contribution >= 4 is 23.2 Å². The Hall–Kier alpha value is -2.89. The first kappa shape index (κ1) is 18.5. The van der Waals surface area contributed by atoms with Gasteiger partial charge in [-0.1, -0.05) is 65.7 Å². The fourth-order valence-corrected chi connectivity index (χ4v) is 3.24. The van der Waals surface area contributed by atoms with Gasteiger partial charge in [0, 0.05) is 21.2 Å². The molecule has 0 unspecified atom stereocenters. The van der Waals surface area contributed by atoms with Gasteiger partial charge in [0.15, 0.2) is 5.82 Å². The molecular weight excluding hydrogens is 395 g/mol. The minimum atomic E-state index is 0.416. The number of hydrogen-bond acceptors (Lipinski definition) is 4. The van der Waals surface area contributed by atoms with Gasteiger partial charge in [-0.3, -0.25) is 0 Å². The Morgan fingerprint density at radius 3 is 2.50 bits per heavy atom. The topological polar surface area (TPSA) is 52.8 Å². The van der Waals surface area contributed by atoms with Crippen molar-refractivity contribution in [3.63, 3.8) is 0 Å². The van der Waals surface area contributed by atoms with Gasteiger partial charge in [-0.05, 0) is 46.3 Å². The van der Waals surface area contributed by atoms with Gasteiger partial charge in [0.05, 0.1) is 6.54 Å². The second-order valence-electron chi connectivity index (χ2n) is 6.20. The monoisotopic (exact) mass is 410 g/mol. The van der Waals surface area contributed by atoms with Gasteiger partial charge in [-0.2, -0.15) is 0 Å². The maximum atomic E-state index is 6.22. The van der Waals surface area contributed by atoms with E-state index in [1.54, 1.807) is 4.68 Å². The summed E-state index contributed by atoms with van der Waals surface area (Å²) in [6, 6.07) is 23.0. The molecule has 28 heavy (non-hydrogen) atoms. The number of benzene rings is 3. The second kappa shape index (κ2) is 8.42. The third-order valence-corrected chi connectivity index (χ3v) is 4.66. The highest BCUT2D eigenvalue weighted by Gasteiger charge is 2.13. The van der Waals surface area contributed by atoms with Gasteiger partial charge < -0.3 is 4.74 Å². The van der Waals surface area contributed by atoms with Crippen molar-refractivity contribution in [3.8, 4) is 17.1 Å². The molecule has 0 aliphatic heterocycles. The van der Waals surface area contributed by atoms with Crippen LogP contribution in [0.25, 0.3) is 11.4 Å². The summed E-state index contributed by atoms with van der Waals surface area (Å²) in [5, 5.41) is 13.3. The van der Waals surface area contributed by atoms with Crippen molar-refractivity contribution in [2.24, 2.45) is 0 Å². The van der Waals surface area contributed by atoms with E-state index < -0.39 is 0 Å². The first-order valence-electron chi connectivity index (χ1n) is 8.66. The number of halogens is 2. The maximum absolute atomic E-state index is 6.22. The smallest absolute Gasteiger partial charge is 0.182 e. The largest absolute Gasteiger partial charge is 0.489 e. The van der Waals surface area contributed by atoms with E-state index in [4.69, 9.17) is 27.9 Å². The summed E-state index contributed by atoms with van der Waals surface area (Å²) in [6.07, 6.45) is 0. The molecule has 5 nitrogen and oxygen atoms in total. The van der Waals surface area contributed by atoms with Gasteiger partial charge >= 0.3 is 0 Å². The SMILES string of the molecule is Clc1cccc(-c2nnnn2Cc2cc(Cl)ccc2OCc2ccccc2)c1. The van der Waals surface area contributed by atoms with Crippen LogP contribution in [0.3, 0.4) is 0 Å². The molecule has 0 amide bonds. The van der Waals surface area contributed by atoms with Crippen LogP contribution in [-0.4, -0.2) is 20.2 Å². The molecule has 0 bridgehead atoms. The quantitative estimate of drug-likeness (QED) is 0.434. The van der Waals surface area contributed by atoms with Gasteiger partial charge in [-0.25, -0.2) is 4.68 Å². The van der Waals surface area contributed by atoms with Crippen LogP contribution in [0.1, 0.15) is 11.1 Å². The predicted molar refractivity (Wildman–Crippen MR) is 110 cm³/mol. The Bertz CT molecular complexity index is 1080. The van der Waals surface area contributed by atoms with E-state index in [-0.39, 0.29) is 0 Å². The third kappa shape index (κ3) is 4.32. The Labute approximate surface area is 172 Å². The molecule has 140 valence electrons. The van der Waals surface area contributed by atoms with E-state index in [2.05, 4.69) is 15.5 Å². The van der Waals surface area contributed by atoms with Crippen molar-refractivity contribution in [3.05, 3.63) is 94.0 Å². The van der Waals surface area contributed by atoms with E-state index in [1.165, 1.54) is 0 Å². The van der Waals surface area contributed by atoms with Crippen molar-refractivity contribution in [1.29, 1.82) is 0 Å². The number of nitrogens with zero attached hydrogens (tertiary/aromatic N) is 4. The molecule has 0 fully saturated rings. The molecule has 0 N–H and O–H groups in total. The Balaban J connectivity index is 1.60. The van der Waals surface area contributed by atoms with E-state index in [0.29, 0.717) is 29.0 Å². The molecule has 0 atom stereocenters. The standard InChI is InChI=1S/C21H16Cl2N4O/c22-18-8-4-7-16(11-18)21-24-25-26-27(21)13-17-12-19(23)9-10-20(17)28-14-15-5-2-1-3-6-15/h1-12H,13-14H2. The molecule has 3 aromatic carbocycles. The molecule has 0 aliphatic carbocycles. The highest BCUT2D eigenvalue weighted by molar-refractivity contribution is 6.31. The molecule has 0 saturated heterocycles. The van der Waals surface area contributed by atoms with Gasteiger partial charge in [0.1, 0.15) is 12.4 Å². The second-order valence-corrected chi connectivity index (χ2v) is 7.07. The summed E-state index contributed by atoms with van der Waals surface area (Å²) in [5.41, 5.74) is 2.82. The number of tetrazole rings is 1. The number of aromatic nitrogens is 4. The fourth-order valence-electron chi connectivity index (χ4n) is 2.85. The fraction of sp³-hybridized carbons (Fsp3) is 0.0952. The van der Waals surface area contributed by atoms with Crippen LogP contribution in [0.2, 0.25) is 10.0 Å². The normalized spacial score (nSPS) is 10.8. The summed E-state index contributed by atoms with van der Waals surface area (Å²) in [4.78, 5) is 0. The average Bonchev–Trinajstić information content (AvgIpc) is 3.16. The van der Waals surface area contributed by atoms with Gasteiger partial charge in [0.25, 0.3) is 0 Å². The first-order chi connectivity index (χ1) is 13.7. The van der Waals surface area contributed by atoms with Crippen LogP contribution in [-0.2, 0) is 13.2 Å². The Morgan fingerprint density at radius 1 is 0.857 bits per heavy atom. The van der Waals surface area contributed by atoms with Crippen LogP contribution in [0.15, 0.2) is 72.8 Å². The van der Waals surface area contributed by atoms with Crippen LogP contribution in [0.5, 0.6) is 5.75 Å². The molecule has 1 heterocycles. The predicted octanol–water partition coefficient (Wildman–Crippen LogP) is 5.27. The Kier molecular flexibility index (Phi) is 5.55. The van der Waals surface area contributed by atoms with E-state index in [0.717, 1.165) is 22.4 Å². The summed E-state index contributed by atoms with van der Waals surface area (Å²) in [6.45, 7) is 0.881. The van der Waals surface area contributed by atoms with Crippen molar-refractivity contribution in [2.75, 3.05) is 0 Å². The van der Waals surface area contributed by atoms with Crippen LogP contribution >= 0.6 is 23.2 Å². The van der Waals surface area contributed by atoms with Crippen molar-refractivity contribution < 1.29 is 4.74 Å². The highest BCUT2D eigenvalue weighted by atomic mass is 35.5. The molecule has 0 saturated carbocycles. The van der Waals surface area contributed by atoms with E-state index in [1.807, 2.05) is 72.8 Å². The van der Waals surface area contributed by atoms with Gasteiger partial charge in [0.2, 0.25) is 0 Å². The van der Waals surface area contributed by atoms with Crippen LogP contribution in [0, 0.1) is 0 Å². The lowest BCUT2D eigenvalue weighted by Gasteiger charge is -2.13. The van der Waals surface area contributed by atoms with E-state index >= 15 is 0 Å².